The molecule has 0 spiro atoms. The Hall–Kier alpha value is -2.90. The summed E-state index contributed by atoms with van der Waals surface area (Å²) in [4.78, 5) is 27.3. The highest BCUT2D eigenvalue weighted by Gasteiger charge is 2.32. The molecule has 1 heterocycles. The van der Waals surface area contributed by atoms with Crippen LogP contribution in [0.2, 0.25) is 0 Å². The third-order valence-electron chi connectivity index (χ3n) is 5.66. The van der Waals surface area contributed by atoms with Crippen LogP contribution in [0.4, 0.5) is 5.69 Å². The molecule has 1 aliphatic heterocycles. The number of para-hydroxylation sites is 1. The number of rotatable bonds is 5. The second-order valence-corrected chi connectivity index (χ2v) is 8.44. The molecule has 3 N–H and O–H groups in total. The lowest BCUT2D eigenvalue weighted by molar-refractivity contribution is -0.127. The van der Waals surface area contributed by atoms with Crippen LogP contribution < -0.4 is 20.7 Å². The number of ether oxygens (including phenoxy) is 1. The molecule has 0 fully saturated rings. The van der Waals surface area contributed by atoms with Gasteiger partial charge in [-0.3, -0.25) is 9.59 Å². The van der Waals surface area contributed by atoms with E-state index in [9.17, 15) is 9.59 Å². The van der Waals surface area contributed by atoms with E-state index in [0.29, 0.717) is 25.1 Å². The van der Waals surface area contributed by atoms with Crippen molar-refractivity contribution in [3.63, 3.8) is 0 Å². The van der Waals surface area contributed by atoms with Gasteiger partial charge in [-0.25, -0.2) is 0 Å². The van der Waals surface area contributed by atoms with Crippen molar-refractivity contribution >= 4 is 44.2 Å². The SMILES string of the molecule is COc1ccc2cc(Br)ccc2c1CN1C(=O)[C@@H](NC(=O)CN)CCc2ccccc21. The second kappa shape index (κ2) is 9.08. The Morgan fingerprint density at radius 3 is 2.81 bits per heavy atom. The lowest BCUT2D eigenvalue weighted by Gasteiger charge is -2.27. The highest BCUT2D eigenvalue weighted by molar-refractivity contribution is 9.10. The lowest BCUT2D eigenvalue weighted by Crippen LogP contribution is -2.49. The van der Waals surface area contributed by atoms with Gasteiger partial charge >= 0.3 is 0 Å². The number of carbonyl (C=O) groups excluding carboxylic acids is 2. The second-order valence-electron chi connectivity index (χ2n) is 7.53. The topological polar surface area (TPSA) is 84.7 Å². The van der Waals surface area contributed by atoms with Gasteiger partial charge in [0.1, 0.15) is 11.8 Å². The van der Waals surface area contributed by atoms with Crippen molar-refractivity contribution < 1.29 is 14.3 Å². The maximum absolute atomic E-state index is 13.6. The summed E-state index contributed by atoms with van der Waals surface area (Å²) in [6, 6.07) is 17.2. The van der Waals surface area contributed by atoms with Crippen molar-refractivity contribution in [1.29, 1.82) is 0 Å². The molecule has 1 atom stereocenters. The largest absolute Gasteiger partial charge is 0.496 e. The number of aryl methyl sites for hydroxylation is 1. The minimum atomic E-state index is -0.626. The molecule has 3 aromatic rings. The van der Waals surface area contributed by atoms with Crippen molar-refractivity contribution in [2.75, 3.05) is 18.6 Å². The molecular weight excluding hydrogens is 458 g/mol. The summed E-state index contributed by atoms with van der Waals surface area (Å²) in [7, 11) is 1.63. The van der Waals surface area contributed by atoms with Crippen LogP contribution in [0, 0.1) is 0 Å². The fourth-order valence-electron chi connectivity index (χ4n) is 4.12. The molecular formula is C24H24BrN3O3. The molecule has 0 unspecified atom stereocenters. The van der Waals surface area contributed by atoms with Crippen LogP contribution in [-0.2, 0) is 22.6 Å². The fraction of sp³-hybridized carbons (Fsp3) is 0.250. The number of amides is 2. The first-order chi connectivity index (χ1) is 15.0. The van der Waals surface area contributed by atoms with E-state index in [2.05, 4.69) is 21.2 Å². The summed E-state index contributed by atoms with van der Waals surface area (Å²) >= 11 is 3.52. The summed E-state index contributed by atoms with van der Waals surface area (Å²) in [5, 5.41) is 4.85. The van der Waals surface area contributed by atoms with Crippen LogP contribution in [0.25, 0.3) is 10.8 Å². The number of halogens is 1. The highest BCUT2D eigenvalue weighted by Crippen LogP contribution is 2.34. The van der Waals surface area contributed by atoms with Crippen LogP contribution in [0.1, 0.15) is 17.5 Å². The molecule has 0 saturated heterocycles. The van der Waals surface area contributed by atoms with E-state index >= 15 is 0 Å². The fourth-order valence-corrected chi connectivity index (χ4v) is 4.50. The zero-order valence-electron chi connectivity index (χ0n) is 17.2. The predicted molar refractivity (Wildman–Crippen MR) is 125 cm³/mol. The van der Waals surface area contributed by atoms with E-state index < -0.39 is 6.04 Å². The van der Waals surface area contributed by atoms with Crippen molar-refractivity contribution in [3.8, 4) is 5.75 Å². The molecule has 0 saturated carbocycles. The minimum Gasteiger partial charge on any atom is -0.496 e. The average molecular weight is 482 g/mol. The van der Waals surface area contributed by atoms with Gasteiger partial charge in [0.15, 0.2) is 0 Å². The zero-order chi connectivity index (χ0) is 22.0. The predicted octanol–water partition coefficient (Wildman–Crippen LogP) is 3.53. The molecule has 3 aromatic carbocycles. The van der Waals surface area contributed by atoms with Gasteiger partial charge in [0.2, 0.25) is 11.8 Å². The van der Waals surface area contributed by atoms with Crippen LogP contribution in [0.15, 0.2) is 59.1 Å². The van der Waals surface area contributed by atoms with Gasteiger partial charge in [-0.05, 0) is 53.4 Å². The molecule has 0 radical (unpaired) electrons. The molecule has 160 valence electrons. The third kappa shape index (κ3) is 4.29. The number of carbonyl (C=O) groups is 2. The van der Waals surface area contributed by atoms with Crippen molar-refractivity contribution in [1.82, 2.24) is 5.32 Å². The van der Waals surface area contributed by atoms with Gasteiger partial charge in [-0.1, -0.05) is 46.3 Å². The van der Waals surface area contributed by atoms with E-state index in [-0.39, 0.29) is 18.4 Å². The first-order valence-corrected chi connectivity index (χ1v) is 10.9. The summed E-state index contributed by atoms with van der Waals surface area (Å²) in [6.45, 7) is 0.176. The number of methoxy groups -OCH3 is 1. The maximum atomic E-state index is 13.6. The Morgan fingerprint density at radius 2 is 2.03 bits per heavy atom. The van der Waals surface area contributed by atoms with Gasteiger partial charge in [-0.15, -0.1) is 0 Å². The van der Waals surface area contributed by atoms with Gasteiger partial charge in [0, 0.05) is 15.7 Å². The monoisotopic (exact) mass is 481 g/mol. The number of nitrogens with two attached hydrogens (primary N) is 1. The van der Waals surface area contributed by atoms with Gasteiger partial charge in [-0.2, -0.15) is 0 Å². The number of benzene rings is 3. The molecule has 0 bridgehead atoms. The van der Waals surface area contributed by atoms with E-state index in [1.54, 1.807) is 12.0 Å². The maximum Gasteiger partial charge on any atom is 0.249 e. The quantitative estimate of drug-likeness (QED) is 0.583. The van der Waals surface area contributed by atoms with Crippen molar-refractivity contribution in [3.05, 3.63) is 70.2 Å². The van der Waals surface area contributed by atoms with E-state index in [4.69, 9.17) is 10.5 Å². The van der Waals surface area contributed by atoms with Crippen LogP contribution in [0.5, 0.6) is 5.75 Å². The Labute approximate surface area is 189 Å². The molecule has 1 aliphatic rings. The molecule has 4 rings (SSSR count). The Balaban J connectivity index is 1.81. The average Bonchev–Trinajstić information content (AvgIpc) is 2.91. The summed E-state index contributed by atoms with van der Waals surface area (Å²) in [5.41, 5.74) is 8.32. The van der Waals surface area contributed by atoms with Crippen LogP contribution >= 0.6 is 15.9 Å². The van der Waals surface area contributed by atoms with Crippen LogP contribution in [0.3, 0.4) is 0 Å². The van der Waals surface area contributed by atoms with Gasteiger partial charge in [0.25, 0.3) is 0 Å². The number of anilines is 1. The summed E-state index contributed by atoms with van der Waals surface area (Å²) in [6.07, 6.45) is 1.21. The van der Waals surface area contributed by atoms with Crippen LogP contribution in [-0.4, -0.2) is 31.5 Å². The van der Waals surface area contributed by atoms with E-state index in [1.165, 1.54) is 0 Å². The van der Waals surface area contributed by atoms with Crippen molar-refractivity contribution in [2.45, 2.75) is 25.4 Å². The highest BCUT2D eigenvalue weighted by atomic mass is 79.9. The summed E-state index contributed by atoms with van der Waals surface area (Å²) in [5.74, 6) is 0.228. The Bertz CT molecular complexity index is 1150. The van der Waals surface area contributed by atoms with Crippen molar-refractivity contribution in [2.24, 2.45) is 5.73 Å². The van der Waals surface area contributed by atoms with E-state index in [1.807, 2.05) is 54.6 Å². The Morgan fingerprint density at radius 1 is 1.23 bits per heavy atom. The van der Waals surface area contributed by atoms with E-state index in [0.717, 1.165) is 32.1 Å². The smallest absolute Gasteiger partial charge is 0.249 e. The summed E-state index contributed by atoms with van der Waals surface area (Å²) < 4.78 is 6.64. The lowest BCUT2D eigenvalue weighted by atomic mass is 10.0. The molecule has 7 heteroatoms. The van der Waals surface area contributed by atoms with Gasteiger partial charge in [0.05, 0.1) is 20.2 Å². The zero-order valence-corrected chi connectivity index (χ0v) is 18.8. The molecule has 31 heavy (non-hydrogen) atoms. The number of hydrogen-bond donors (Lipinski definition) is 2. The Kier molecular flexibility index (Phi) is 6.25. The molecule has 0 aliphatic carbocycles. The first-order valence-electron chi connectivity index (χ1n) is 10.2. The standard InChI is InChI=1S/C24H24BrN3O3/c1-31-22-11-7-16-12-17(25)8-9-18(16)19(22)14-28-21-5-3-2-4-15(21)6-10-20(24(28)30)27-23(29)13-26/h2-5,7-9,11-12,20H,6,10,13-14,26H2,1H3,(H,27,29)/t20-/m0/s1. The number of nitrogens with one attached hydrogen (secondary N) is 1. The first kappa shape index (κ1) is 21.3. The van der Waals surface area contributed by atoms with Gasteiger partial charge < -0.3 is 20.7 Å². The third-order valence-corrected chi connectivity index (χ3v) is 6.15. The molecule has 2 amide bonds. The number of nitrogens with zero attached hydrogens (tertiary/aromatic N) is 1. The molecule has 0 aromatic heterocycles. The normalized spacial score (nSPS) is 16.0. The number of hydrogen-bond acceptors (Lipinski definition) is 4. The minimum absolute atomic E-state index is 0.150. The number of fused-ring (bicyclic) bond motifs is 2. The molecule has 6 nitrogen and oxygen atoms in total.